The van der Waals surface area contributed by atoms with E-state index in [-0.39, 0.29) is 0 Å². The van der Waals surface area contributed by atoms with Crippen LogP contribution in [0.2, 0.25) is 5.02 Å². The molecule has 2 rings (SSSR count). The Morgan fingerprint density at radius 1 is 1.31 bits per heavy atom. The van der Waals surface area contributed by atoms with Gasteiger partial charge in [-0.2, -0.15) is 0 Å². The monoisotopic (exact) mass is 238 g/mol. The molecule has 0 amide bonds. The molecule has 1 aliphatic rings. The number of nitrogens with one attached hydrogen (secondary N) is 1. The van der Waals surface area contributed by atoms with E-state index in [1.54, 1.807) is 0 Å². The highest BCUT2D eigenvalue weighted by molar-refractivity contribution is 6.34. The van der Waals surface area contributed by atoms with Crippen molar-refractivity contribution in [2.45, 2.75) is 25.8 Å². The van der Waals surface area contributed by atoms with Crippen molar-refractivity contribution in [3.63, 3.8) is 0 Å². The van der Waals surface area contributed by atoms with Crippen molar-refractivity contribution in [3.8, 4) is 0 Å². The summed E-state index contributed by atoms with van der Waals surface area (Å²) in [6.07, 6.45) is 2.53. The zero-order valence-electron chi connectivity index (χ0n) is 10.1. The molecular formula is C13H19ClN2. The molecular weight excluding hydrogens is 220 g/mol. The van der Waals surface area contributed by atoms with Gasteiger partial charge in [0.05, 0.1) is 16.4 Å². The minimum absolute atomic E-state index is 0.618. The van der Waals surface area contributed by atoms with Crippen LogP contribution < -0.4 is 10.2 Å². The van der Waals surface area contributed by atoms with E-state index < -0.39 is 0 Å². The van der Waals surface area contributed by atoms with Gasteiger partial charge in [-0.3, -0.25) is 0 Å². The lowest BCUT2D eigenvalue weighted by Crippen LogP contribution is -2.34. The highest BCUT2D eigenvalue weighted by Gasteiger charge is 2.25. The molecule has 1 aromatic carbocycles. The van der Waals surface area contributed by atoms with Crippen molar-refractivity contribution in [1.82, 2.24) is 0 Å². The number of para-hydroxylation sites is 1. The molecule has 0 bridgehead atoms. The lowest BCUT2D eigenvalue weighted by Gasteiger charge is -2.35. The Hall–Kier alpha value is -0.890. The Labute approximate surface area is 103 Å². The van der Waals surface area contributed by atoms with Gasteiger partial charge >= 0.3 is 0 Å². The lowest BCUT2D eigenvalue weighted by atomic mass is 9.82. The van der Waals surface area contributed by atoms with Crippen LogP contribution in [0.4, 0.5) is 11.4 Å². The summed E-state index contributed by atoms with van der Waals surface area (Å²) in [4.78, 5) is 2.06. The topological polar surface area (TPSA) is 15.3 Å². The van der Waals surface area contributed by atoms with Crippen molar-refractivity contribution in [2.75, 3.05) is 24.3 Å². The van der Waals surface area contributed by atoms with E-state index in [1.807, 2.05) is 26.2 Å². The molecule has 1 fully saturated rings. The van der Waals surface area contributed by atoms with Crippen molar-refractivity contribution in [1.29, 1.82) is 0 Å². The van der Waals surface area contributed by atoms with Gasteiger partial charge in [-0.1, -0.05) is 24.6 Å². The van der Waals surface area contributed by atoms with Crippen LogP contribution in [-0.4, -0.2) is 20.1 Å². The quantitative estimate of drug-likeness (QED) is 0.866. The average Bonchev–Trinajstić information content (AvgIpc) is 2.14. The van der Waals surface area contributed by atoms with Gasteiger partial charge in [0.15, 0.2) is 0 Å². The van der Waals surface area contributed by atoms with Crippen LogP contribution in [0.15, 0.2) is 18.2 Å². The van der Waals surface area contributed by atoms with E-state index in [9.17, 15) is 0 Å². The molecule has 1 aromatic rings. The van der Waals surface area contributed by atoms with Crippen LogP contribution >= 0.6 is 11.6 Å². The predicted octanol–water partition coefficient (Wildman–Crippen LogP) is 3.62. The van der Waals surface area contributed by atoms with E-state index in [0.717, 1.165) is 22.3 Å². The van der Waals surface area contributed by atoms with Gasteiger partial charge in [0.2, 0.25) is 0 Å². The zero-order chi connectivity index (χ0) is 11.7. The van der Waals surface area contributed by atoms with Crippen LogP contribution in [-0.2, 0) is 0 Å². The van der Waals surface area contributed by atoms with Crippen LogP contribution in [0.3, 0.4) is 0 Å². The number of halogens is 1. The molecule has 0 heterocycles. The SMILES string of the molecule is CC1CC(Nc2cccc(Cl)c2N(C)C)C1. The van der Waals surface area contributed by atoms with Crippen LogP contribution in [0.25, 0.3) is 0 Å². The Morgan fingerprint density at radius 3 is 2.56 bits per heavy atom. The summed E-state index contributed by atoms with van der Waals surface area (Å²) in [7, 11) is 4.05. The molecule has 0 atom stereocenters. The fraction of sp³-hybridized carbons (Fsp3) is 0.538. The summed E-state index contributed by atoms with van der Waals surface area (Å²) < 4.78 is 0. The molecule has 1 N–H and O–H groups in total. The third-order valence-electron chi connectivity index (χ3n) is 3.17. The summed E-state index contributed by atoms with van der Waals surface area (Å²) in [6.45, 7) is 2.29. The fourth-order valence-corrected chi connectivity index (χ4v) is 2.67. The fourth-order valence-electron chi connectivity index (χ4n) is 2.33. The first-order valence-electron chi connectivity index (χ1n) is 5.80. The average molecular weight is 239 g/mol. The first-order chi connectivity index (χ1) is 7.58. The number of benzene rings is 1. The normalized spacial score (nSPS) is 23.8. The number of nitrogens with zero attached hydrogens (tertiary/aromatic N) is 1. The highest BCUT2D eigenvalue weighted by atomic mass is 35.5. The van der Waals surface area contributed by atoms with Crippen molar-refractivity contribution >= 4 is 23.0 Å². The molecule has 88 valence electrons. The summed E-state index contributed by atoms with van der Waals surface area (Å²) in [5.41, 5.74) is 2.23. The smallest absolute Gasteiger partial charge is 0.0786 e. The van der Waals surface area contributed by atoms with E-state index in [2.05, 4.69) is 23.2 Å². The maximum absolute atomic E-state index is 6.22. The predicted molar refractivity (Wildman–Crippen MR) is 71.6 cm³/mol. The van der Waals surface area contributed by atoms with Gasteiger partial charge in [0.1, 0.15) is 0 Å². The van der Waals surface area contributed by atoms with Gasteiger partial charge in [-0.15, -0.1) is 0 Å². The molecule has 0 spiro atoms. The summed E-state index contributed by atoms with van der Waals surface area (Å²) in [5.74, 6) is 0.861. The maximum Gasteiger partial charge on any atom is 0.0786 e. The highest BCUT2D eigenvalue weighted by Crippen LogP contribution is 2.36. The van der Waals surface area contributed by atoms with E-state index in [4.69, 9.17) is 11.6 Å². The molecule has 0 unspecified atom stereocenters. The standard InChI is InChI=1S/C13H19ClN2/c1-9-7-10(8-9)15-12-6-4-5-11(14)13(12)16(2)3/h4-6,9-10,15H,7-8H2,1-3H3. The minimum atomic E-state index is 0.618. The molecule has 3 heteroatoms. The molecule has 1 aliphatic carbocycles. The molecule has 0 aliphatic heterocycles. The number of rotatable bonds is 3. The maximum atomic E-state index is 6.22. The van der Waals surface area contributed by atoms with E-state index in [0.29, 0.717) is 6.04 Å². The third kappa shape index (κ3) is 2.27. The number of hydrogen-bond acceptors (Lipinski definition) is 2. The molecule has 16 heavy (non-hydrogen) atoms. The van der Waals surface area contributed by atoms with Crippen molar-refractivity contribution in [2.24, 2.45) is 5.92 Å². The van der Waals surface area contributed by atoms with Crippen LogP contribution in [0, 0.1) is 5.92 Å². The second-order valence-electron chi connectivity index (χ2n) is 4.95. The van der Waals surface area contributed by atoms with Crippen LogP contribution in [0.1, 0.15) is 19.8 Å². The molecule has 2 nitrogen and oxygen atoms in total. The number of hydrogen-bond donors (Lipinski definition) is 1. The largest absolute Gasteiger partial charge is 0.381 e. The summed E-state index contributed by atoms with van der Waals surface area (Å²) in [5, 5.41) is 4.38. The Balaban J connectivity index is 2.16. The first-order valence-corrected chi connectivity index (χ1v) is 6.18. The van der Waals surface area contributed by atoms with E-state index >= 15 is 0 Å². The van der Waals surface area contributed by atoms with Crippen molar-refractivity contribution < 1.29 is 0 Å². The summed E-state index contributed by atoms with van der Waals surface area (Å²) in [6, 6.07) is 6.65. The Kier molecular flexibility index (Phi) is 3.29. The molecule has 1 saturated carbocycles. The van der Waals surface area contributed by atoms with Crippen molar-refractivity contribution in [3.05, 3.63) is 23.2 Å². The summed E-state index contributed by atoms with van der Waals surface area (Å²) >= 11 is 6.22. The van der Waals surface area contributed by atoms with Gasteiger partial charge < -0.3 is 10.2 Å². The number of anilines is 2. The second kappa shape index (κ2) is 4.54. The van der Waals surface area contributed by atoms with Gasteiger partial charge in [-0.25, -0.2) is 0 Å². The Bertz CT molecular complexity index is 370. The van der Waals surface area contributed by atoms with Gasteiger partial charge in [0.25, 0.3) is 0 Å². The zero-order valence-corrected chi connectivity index (χ0v) is 10.9. The van der Waals surface area contributed by atoms with Gasteiger partial charge in [0, 0.05) is 20.1 Å². The lowest BCUT2D eigenvalue weighted by molar-refractivity contribution is 0.309. The first kappa shape index (κ1) is 11.6. The minimum Gasteiger partial charge on any atom is -0.381 e. The molecule has 0 radical (unpaired) electrons. The molecule has 0 aromatic heterocycles. The van der Waals surface area contributed by atoms with Crippen LogP contribution in [0.5, 0.6) is 0 Å². The molecule has 0 saturated heterocycles. The van der Waals surface area contributed by atoms with E-state index in [1.165, 1.54) is 12.8 Å². The Morgan fingerprint density at radius 2 is 2.00 bits per heavy atom. The van der Waals surface area contributed by atoms with Gasteiger partial charge in [-0.05, 0) is 30.9 Å². The third-order valence-corrected chi connectivity index (χ3v) is 3.47. The second-order valence-corrected chi connectivity index (χ2v) is 5.36.